The van der Waals surface area contributed by atoms with Crippen molar-refractivity contribution in [3.63, 3.8) is 0 Å². The second-order valence-corrected chi connectivity index (χ2v) is 7.37. The van der Waals surface area contributed by atoms with Crippen LogP contribution in [0.3, 0.4) is 0 Å². The number of H-pyrrole nitrogens is 1. The molecule has 1 saturated heterocycles. The Labute approximate surface area is 175 Å². The van der Waals surface area contributed by atoms with E-state index in [9.17, 15) is 4.79 Å². The predicted octanol–water partition coefficient (Wildman–Crippen LogP) is 3.58. The molecule has 1 fully saturated rings. The summed E-state index contributed by atoms with van der Waals surface area (Å²) in [4.78, 5) is 26.7. The molecule has 156 valence electrons. The highest BCUT2D eigenvalue weighted by Gasteiger charge is 2.27. The normalized spacial score (nSPS) is 16.9. The summed E-state index contributed by atoms with van der Waals surface area (Å²) in [6.45, 7) is 1.62. The molecule has 0 amide bonds. The maximum Gasteiger partial charge on any atom is 0.251 e. The van der Waals surface area contributed by atoms with Crippen LogP contribution in [0.2, 0.25) is 0 Å². The van der Waals surface area contributed by atoms with Gasteiger partial charge in [-0.3, -0.25) is 14.7 Å². The largest absolute Gasteiger partial charge is 0.493 e. The number of methoxy groups -OCH3 is 2. The van der Waals surface area contributed by atoms with Crippen LogP contribution in [0.1, 0.15) is 36.6 Å². The third-order valence-electron chi connectivity index (χ3n) is 5.48. The van der Waals surface area contributed by atoms with E-state index in [-0.39, 0.29) is 11.6 Å². The van der Waals surface area contributed by atoms with E-state index in [0.29, 0.717) is 18.1 Å². The molecule has 3 heterocycles. The molecule has 1 aliphatic rings. The first-order valence-corrected chi connectivity index (χ1v) is 10.2. The number of para-hydroxylation sites is 1. The van der Waals surface area contributed by atoms with Crippen LogP contribution in [0, 0.1) is 0 Å². The molecule has 1 aromatic carbocycles. The molecule has 1 atom stereocenters. The highest BCUT2D eigenvalue weighted by Crippen LogP contribution is 2.36. The molecular weight excluding hydrogens is 380 g/mol. The Morgan fingerprint density at radius 3 is 2.80 bits per heavy atom. The number of ether oxygens (including phenoxy) is 2. The molecule has 0 unspecified atom stereocenters. The summed E-state index contributed by atoms with van der Waals surface area (Å²) in [5, 5.41) is 0. The first-order chi connectivity index (χ1) is 14.7. The molecule has 1 aliphatic heterocycles. The van der Waals surface area contributed by atoms with Gasteiger partial charge in [-0.25, -0.2) is 4.98 Å². The summed E-state index contributed by atoms with van der Waals surface area (Å²) < 4.78 is 11.1. The van der Waals surface area contributed by atoms with Gasteiger partial charge in [-0.15, -0.1) is 0 Å². The first kappa shape index (κ1) is 20.1. The van der Waals surface area contributed by atoms with Crippen LogP contribution in [0.4, 0.5) is 0 Å². The fraction of sp³-hybridized carbons (Fsp3) is 0.348. The van der Waals surface area contributed by atoms with E-state index in [0.717, 1.165) is 48.6 Å². The molecule has 7 heteroatoms. The van der Waals surface area contributed by atoms with Gasteiger partial charge in [0, 0.05) is 24.4 Å². The minimum Gasteiger partial charge on any atom is -0.493 e. The van der Waals surface area contributed by atoms with Gasteiger partial charge in [0.25, 0.3) is 5.56 Å². The highest BCUT2D eigenvalue weighted by atomic mass is 16.5. The number of piperidine rings is 1. The van der Waals surface area contributed by atoms with Crippen LogP contribution in [-0.2, 0) is 6.54 Å². The number of rotatable bonds is 6. The number of hydrogen-bond acceptors (Lipinski definition) is 6. The number of benzene rings is 1. The average molecular weight is 406 g/mol. The lowest BCUT2D eigenvalue weighted by Crippen LogP contribution is -2.34. The third kappa shape index (κ3) is 4.21. The van der Waals surface area contributed by atoms with Gasteiger partial charge in [-0.05, 0) is 37.6 Å². The third-order valence-corrected chi connectivity index (χ3v) is 5.48. The van der Waals surface area contributed by atoms with Gasteiger partial charge in [0.1, 0.15) is 5.69 Å². The van der Waals surface area contributed by atoms with E-state index in [2.05, 4.69) is 20.9 Å². The fourth-order valence-corrected chi connectivity index (χ4v) is 4.08. The van der Waals surface area contributed by atoms with Crippen LogP contribution in [0.15, 0.2) is 53.5 Å². The van der Waals surface area contributed by atoms with Crippen molar-refractivity contribution in [1.82, 2.24) is 19.9 Å². The van der Waals surface area contributed by atoms with Crippen molar-refractivity contribution in [1.29, 1.82) is 0 Å². The predicted molar refractivity (Wildman–Crippen MR) is 115 cm³/mol. The van der Waals surface area contributed by atoms with Gasteiger partial charge in [-0.2, -0.15) is 0 Å². The summed E-state index contributed by atoms with van der Waals surface area (Å²) in [7, 11) is 3.30. The molecule has 0 aliphatic carbocycles. The van der Waals surface area contributed by atoms with Crippen molar-refractivity contribution in [3.05, 3.63) is 70.3 Å². The number of hydrogen-bond donors (Lipinski definition) is 1. The first-order valence-electron chi connectivity index (χ1n) is 10.2. The smallest absolute Gasteiger partial charge is 0.251 e. The monoisotopic (exact) mass is 406 g/mol. The topological polar surface area (TPSA) is 80.3 Å². The molecule has 4 rings (SSSR count). The van der Waals surface area contributed by atoms with Crippen LogP contribution in [-0.4, -0.2) is 40.6 Å². The van der Waals surface area contributed by atoms with E-state index in [4.69, 9.17) is 14.5 Å². The molecule has 0 bridgehead atoms. The number of pyridine rings is 1. The minimum absolute atomic E-state index is 0.0550. The Kier molecular flexibility index (Phi) is 6.09. The average Bonchev–Trinajstić information content (AvgIpc) is 2.79. The number of aromatic nitrogens is 3. The zero-order valence-electron chi connectivity index (χ0n) is 17.3. The van der Waals surface area contributed by atoms with Gasteiger partial charge in [0.05, 0.1) is 26.0 Å². The molecule has 1 N–H and O–H groups in total. The minimum atomic E-state index is -0.162. The zero-order chi connectivity index (χ0) is 20.9. The summed E-state index contributed by atoms with van der Waals surface area (Å²) in [5.74, 6) is 1.97. The SMILES string of the molecule is COc1cccc(CN2CCCC[C@H]2c2cc(=O)[nH]c(-c3ccccn3)n2)c1OC. The van der Waals surface area contributed by atoms with E-state index in [1.807, 2.05) is 30.3 Å². The van der Waals surface area contributed by atoms with Gasteiger partial charge in [0.15, 0.2) is 17.3 Å². The van der Waals surface area contributed by atoms with Crippen molar-refractivity contribution in [2.45, 2.75) is 31.8 Å². The van der Waals surface area contributed by atoms with E-state index < -0.39 is 0 Å². The second kappa shape index (κ2) is 9.09. The lowest BCUT2D eigenvalue weighted by molar-refractivity contribution is 0.135. The van der Waals surface area contributed by atoms with Crippen molar-refractivity contribution in [3.8, 4) is 23.0 Å². The Morgan fingerprint density at radius 1 is 1.13 bits per heavy atom. The Balaban J connectivity index is 1.67. The summed E-state index contributed by atoms with van der Waals surface area (Å²) >= 11 is 0. The molecular formula is C23H26N4O3. The molecule has 0 saturated carbocycles. The fourth-order valence-electron chi connectivity index (χ4n) is 4.08. The number of nitrogens with one attached hydrogen (secondary N) is 1. The zero-order valence-corrected chi connectivity index (χ0v) is 17.3. The Hall–Kier alpha value is -3.19. The lowest BCUT2D eigenvalue weighted by Gasteiger charge is -2.35. The molecule has 0 radical (unpaired) electrons. The molecule has 30 heavy (non-hydrogen) atoms. The van der Waals surface area contributed by atoms with Gasteiger partial charge < -0.3 is 14.5 Å². The molecule has 3 aromatic rings. The quantitative estimate of drug-likeness (QED) is 0.674. The van der Waals surface area contributed by atoms with E-state index in [1.54, 1.807) is 26.5 Å². The van der Waals surface area contributed by atoms with Crippen LogP contribution in [0.5, 0.6) is 11.5 Å². The second-order valence-electron chi connectivity index (χ2n) is 7.37. The highest BCUT2D eigenvalue weighted by molar-refractivity contribution is 5.48. The van der Waals surface area contributed by atoms with Gasteiger partial charge >= 0.3 is 0 Å². The lowest BCUT2D eigenvalue weighted by atomic mass is 9.98. The maximum absolute atomic E-state index is 12.4. The maximum atomic E-state index is 12.4. The van der Waals surface area contributed by atoms with Crippen LogP contribution >= 0.6 is 0 Å². The standard InChI is InChI=1S/C23H26N4O3/c1-29-20-11-7-8-16(22(20)30-2)15-27-13-6-4-10-19(27)18-14-21(28)26-23(25-18)17-9-3-5-12-24-17/h3,5,7-9,11-12,14,19H,4,6,10,13,15H2,1-2H3,(H,25,26,28)/t19-/m0/s1. The number of aromatic amines is 1. The summed E-state index contributed by atoms with van der Waals surface area (Å²) in [5.41, 5.74) is 2.33. The van der Waals surface area contributed by atoms with Crippen molar-refractivity contribution >= 4 is 0 Å². The number of likely N-dealkylation sites (tertiary alicyclic amines) is 1. The summed E-state index contributed by atoms with van der Waals surface area (Å²) in [6.07, 6.45) is 4.86. The van der Waals surface area contributed by atoms with E-state index >= 15 is 0 Å². The molecule has 2 aromatic heterocycles. The molecule has 7 nitrogen and oxygen atoms in total. The number of nitrogens with zero attached hydrogens (tertiary/aromatic N) is 3. The Morgan fingerprint density at radius 2 is 2.03 bits per heavy atom. The molecule has 0 spiro atoms. The Bertz CT molecular complexity index is 1050. The van der Waals surface area contributed by atoms with Gasteiger partial charge in [0.2, 0.25) is 0 Å². The van der Waals surface area contributed by atoms with Crippen molar-refractivity contribution < 1.29 is 9.47 Å². The summed E-state index contributed by atoms with van der Waals surface area (Å²) in [6, 6.07) is 13.2. The van der Waals surface area contributed by atoms with Crippen molar-refractivity contribution in [2.24, 2.45) is 0 Å². The van der Waals surface area contributed by atoms with Gasteiger partial charge in [-0.1, -0.05) is 24.6 Å². The van der Waals surface area contributed by atoms with Crippen molar-refractivity contribution in [2.75, 3.05) is 20.8 Å². The van der Waals surface area contributed by atoms with E-state index in [1.165, 1.54) is 0 Å². The van der Waals surface area contributed by atoms with Crippen LogP contribution < -0.4 is 15.0 Å². The van der Waals surface area contributed by atoms with Crippen LogP contribution in [0.25, 0.3) is 11.5 Å².